The Morgan fingerprint density at radius 1 is 1.19 bits per heavy atom. The van der Waals surface area contributed by atoms with Crippen molar-refractivity contribution in [2.45, 2.75) is 33.0 Å². The van der Waals surface area contributed by atoms with Gasteiger partial charge in [0.25, 0.3) is 0 Å². The maximum absolute atomic E-state index is 4.41. The highest BCUT2D eigenvalue weighted by Crippen LogP contribution is 2.21. The molecule has 21 heavy (non-hydrogen) atoms. The molecule has 1 aromatic carbocycles. The van der Waals surface area contributed by atoms with Gasteiger partial charge < -0.3 is 14.5 Å². The Balaban J connectivity index is 1.91. The molecule has 3 aromatic rings. The van der Waals surface area contributed by atoms with Crippen LogP contribution in [0, 0.1) is 0 Å². The Bertz CT molecular complexity index is 736. The summed E-state index contributed by atoms with van der Waals surface area (Å²) in [7, 11) is 2.03. The smallest absolute Gasteiger partial charge is 0.128 e. The predicted octanol–water partition coefficient (Wildman–Crippen LogP) is 2.92. The molecule has 0 atom stereocenters. The molecule has 0 aliphatic heterocycles. The first kappa shape index (κ1) is 13.9. The van der Waals surface area contributed by atoms with Crippen LogP contribution in [0.2, 0.25) is 0 Å². The van der Waals surface area contributed by atoms with Gasteiger partial charge in [0.2, 0.25) is 0 Å². The minimum Gasteiger partial charge on any atom is -0.340 e. The second kappa shape index (κ2) is 5.74. The van der Waals surface area contributed by atoms with Crippen molar-refractivity contribution in [3.63, 3.8) is 0 Å². The van der Waals surface area contributed by atoms with Crippen LogP contribution in [0.15, 0.2) is 42.9 Å². The molecule has 0 fully saturated rings. The van der Waals surface area contributed by atoms with E-state index in [1.807, 2.05) is 19.4 Å². The summed E-state index contributed by atoms with van der Waals surface area (Å²) in [5.41, 5.74) is 2.61. The number of imidazole rings is 1. The highest BCUT2D eigenvalue weighted by molar-refractivity contribution is 5.83. The Morgan fingerprint density at radius 2 is 2.05 bits per heavy atom. The van der Waals surface area contributed by atoms with Gasteiger partial charge in [0, 0.05) is 49.1 Å². The molecular weight excluding hydrogens is 260 g/mol. The topological polar surface area (TPSA) is 34.8 Å². The van der Waals surface area contributed by atoms with Gasteiger partial charge in [0.15, 0.2) is 0 Å². The zero-order chi connectivity index (χ0) is 14.8. The molecule has 0 aliphatic carbocycles. The van der Waals surface area contributed by atoms with Crippen LogP contribution in [0.1, 0.15) is 25.2 Å². The van der Waals surface area contributed by atoms with E-state index >= 15 is 0 Å². The molecule has 4 heteroatoms. The number of nitrogens with zero attached hydrogens (tertiary/aromatic N) is 3. The van der Waals surface area contributed by atoms with E-state index in [0.717, 1.165) is 18.9 Å². The third kappa shape index (κ3) is 2.85. The maximum atomic E-state index is 4.41. The minimum absolute atomic E-state index is 0.495. The highest BCUT2D eigenvalue weighted by atomic mass is 15.1. The zero-order valence-corrected chi connectivity index (χ0v) is 12.9. The number of fused-ring (bicyclic) bond motifs is 1. The van der Waals surface area contributed by atoms with Gasteiger partial charge in [-0.1, -0.05) is 26.0 Å². The number of rotatable bonds is 5. The van der Waals surface area contributed by atoms with Gasteiger partial charge >= 0.3 is 0 Å². The van der Waals surface area contributed by atoms with Crippen LogP contribution in [0.4, 0.5) is 0 Å². The lowest BCUT2D eigenvalue weighted by atomic mass is 10.1. The predicted molar refractivity (Wildman–Crippen MR) is 86.2 cm³/mol. The standard InChI is InChI=1S/C17H22N4/c1-13(2)19-11-14-5-4-6-16-15(14)7-9-21(16)12-17-18-8-10-20(17)3/h4-10,13,19H,11-12H2,1-3H3. The average Bonchev–Trinajstić information content (AvgIpc) is 3.05. The van der Waals surface area contributed by atoms with Crippen molar-refractivity contribution in [1.29, 1.82) is 0 Å². The molecule has 0 spiro atoms. The monoisotopic (exact) mass is 282 g/mol. The lowest BCUT2D eigenvalue weighted by Gasteiger charge is -2.10. The summed E-state index contributed by atoms with van der Waals surface area (Å²) in [6, 6.07) is 9.21. The molecular formula is C17H22N4. The van der Waals surface area contributed by atoms with E-state index in [1.165, 1.54) is 16.5 Å². The Morgan fingerprint density at radius 3 is 2.76 bits per heavy atom. The largest absolute Gasteiger partial charge is 0.340 e. The number of hydrogen-bond acceptors (Lipinski definition) is 2. The number of nitrogens with one attached hydrogen (secondary N) is 1. The van der Waals surface area contributed by atoms with Crippen molar-refractivity contribution >= 4 is 10.9 Å². The fourth-order valence-electron chi connectivity index (χ4n) is 2.59. The van der Waals surface area contributed by atoms with E-state index in [2.05, 4.69) is 63.7 Å². The fraction of sp³-hybridized carbons (Fsp3) is 0.353. The van der Waals surface area contributed by atoms with Gasteiger partial charge in [-0.2, -0.15) is 0 Å². The van der Waals surface area contributed by atoms with Crippen LogP contribution in [0.3, 0.4) is 0 Å². The van der Waals surface area contributed by atoms with Gasteiger partial charge in [-0.05, 0) is 17.7 Å². The maximum Gasteiger partial charge on any atom is 0.128 e. The average molecular weight is 282 g/mol. The molecule has 3 rings (SSSR count). The molecule has 0 radical (unpaired) electrons. The van der Waals surface area contributed by atoms with Crippen LogP contribution in [-0.2, 0) is 20.1 Å². The van der Waals surface area contributed by atoms with Crippen LogP contribution in [-0.4, -0.2) is 20.2 Å². The van der Waals surface area contributed by atoms with E-state index < -0.39 is 0 Å². The first-order valence-electron chi connectivity index (χ1n) is 7.41. The van der Waals surface area contributed by atoms with Crippen LogP contribution in [0.25, 0.3) is 10.9 Å². The van der Waals surface area contributed by atoms with Crippen molar-refractivity contribution in [2.75, 3.05) is 0 Å². The van der Waals surface area contributed by atoms with E-state index in [1.54, 1.807) is 0 Å². The summed E-state index contributed by atoms with van der Waals surface area (Å²) in [4.78, 5) is 4.41. The molecule has 0 saturated carbocycles. The van der Waals surface area contributed by atoms with E-state index in [-0.39, 0.29) is 0 Å². The van der Waals surface area contributed by atoms with Gasteiger partial charge in [0.05, 0.1) is 6.54 Å². The minimum atomic E-state index is 0.495. The lowest BCUT2D eigenvalue weighted by Crippen LogP contribution is -2.21. The summed E-state index contributed by atoms with van der Waals surface area (Å²) in [5.74, 6) is 1.07. The van der Waals surface area contributed by atoms with Gasteiger partial charge in [-0.25, -0.2) is 4.98 Å². The Hall–Kier alpha value is -2.07. The molecule has 2 heterocycles. The van der Waals surface area contributed by atoms with Crippen LogP contribution < -0.4 is 5.32 Å². The highest BCUT2D eigenvalue weighted by Gasteiger charge is 2.08. The molecule has 2 aromatic heterocycles. The van der Waals surface area contributed by atoms with Gasteiger partial charge in [0.1, 0.15) is 5.82 Å². The number of benzene rings is 1. The Labute approximate surface area is 125 Å². The summed E-state index contributed by atoms with van der Waals surface area (Å²) in [6.45, 7) is 6.05. The number of hydrogen-bond donors (Lipinski definition) is 1. The molecule has 0 amide bonds. The zero-order valence-electron chi connectivity index (χ0n) is 12.9. The van der Waals surface area contributed by atoms with E-state index in [4.69, 9.17) is 0 Å². The second-order valence-electron chi connectivity index (χ2n) is 5.78. The SMILES string of the molecule is CC(C)NCc1cccc2c1ccn2Cc1nccn1C. The summed E-state index contributed by atoms with van der Waals surface area (Å²) >= 11 is 0. The normalized spacial score (nSPS) is 11.6. The Kier molecular flexibility index (Phi) is 3.80. The van der Waals surface area contributed by atoms with Crippen molar-refractivity contribution < 1.29 is 0 Å². The van der Waals surface area contributed by atoms with E-state index in [9.17, 15) is 0 Å². The summed E-state index contributed by atoms with van der Waals surface area (Å²) < 4.78 is 4.33. The number of aryl methyl sites for hydroxylation is 1. The van der Waals surface area contributed by atoms with Crippen molar-refractivity contribution in [3.8, 4) is 0 Å². The van der Waals surface area contributed by atoms with Crippen molar-refractivity contribution in [1.82, 2.24) is 19.4 Å². The van der Waals surface area contributed by atoms with Gasteiger partial charge in [-0.15, -0.1) is 0 Å². The molecule has 0 bridgehead atoms. The third-order valence-electron chi connectivity index (χ3n) is 3.84. The van der Waals surface area contributed by atoms with Gasteiger partial charge in [-0.3, -0.25) is 0 Å². The van der Waals surface area contributed by atoms with Crippen molar-refractivity contribution in [3.05, 3.63) is 54.2 Å². The molecule has 0 unspecified atom stereocenters. The number of aromatic nitrogens is 3. The summed E-state index contributed by atoms with van der Waals surface area (Å²) in [6.07, 6.45) is 5.98. The quantitative estimate of drug-likeness (QED) is 0.781. The molecule has 1 N–H and O–H groups in total. The molecule has 110 valence electrons. The first-order chi connectivity index (χ1) is 10.1. The van der Waals surface area contributed by atoms with Crippen LogP contribution in [0.5, 0.6) is 0 Å². The van der Waals surface area contributed by atoms with Crippen LogP contribution >= 0.6 is 0 Å². The molecule has 0 aliphatic rings. The lowest BCUT2D eigenvalue weighted by molar-refractivity contribution is 0.590. The fourth-order valence-corrected chi connectivity index (χ4v) is 2.59. The summed E-state index contributed by atoms with van der Waals surface area (Å²) in [5, 5.41) is 4.81. The second-order valence-corrected chi connectivity index (χ2v) is 5.78. The first-order valence-corrected chi connectivity index (χ1v) is 7.41. The molecule has 0 saturated heterocycles. The molecule has 4 nitrogen and oxygen atoms in total. The van der Waals surface area contributed by atoms with Crippen molar-refractivity contribution in [2.24, 2.45) is 7.05 Å². The third-order valence-corrected chi connectivity index (χ3v) is 3.84. The van der Waals surface area contributed by atoms with E-state index in [0.29, 0.717) is 6.04 Å².